The van der Waals surface area contributed by atoms with Crippen LogP contribution in [-0.2, 0) is 17.8 Å². The lowest BCUT2D eigenvalue weighted by molar-refractivity contribution is -0.136. The zero-order valence-corrected chi connectivity index (χ0v) is 15.1. The molecule has 0 unspecified atom stereocenters. The van der Waals surface area contributed by atoms with E-state index >= 15 is 0 Å². The van der Waals surface area contributed by atoms with Gasteiger partial charge in [0.15, 0.2) is 0 Å². The van der Waals surface area contributed by atoms with E-state index in [-0.39, 0.29) is 24.4 Å². The van der Waals surface area contributed by atoms with Crippen molar-refractivity contribution < 1.29 is 27.8 Å². The molecule has 0 aliphatic rings. The van der Waals surface area contributed by atoms with E-state index in [9.17, 15) is 13.6 Å². The summed E-state index contributed by atoms with van der Waals surface area (Å²) in [7, 11) is 0. The Morgan fingerprint density at radius 1 is 1.03 bits per heavy atom. The maximum Gasteiger partial charge on any atom is 0.307 e. The maximum absolute atomic E-state index is 14.2. The molecule has 0 aliphatic carbocycles. The lowest BCUT2D eigenvalue weighted by atomic mass is 10.1. The highest BCUT2D eigenvalue weighted by molar-refractivity contribution is 5.80. The molecular weight excluding hydrogens is 380 g/mol. The molecule has 4 aromatic rings. The SMILES string of the molecule is O=C(O)Cc1ccc(-c2cccc(OCc3ccc(F)c4ccoc34)n2)cc1F. The molecule has 0 bridgehead atoms. The van der Waals surface area contributed by atoms with Crippen molar-refractivity contribution in [1.82, 2.24) is 4.98 Å². The quantitative estimate of drug-likeness (QED) is 0.499. The van der Waals surface area contributed by atoms with Crippen LogP contribution in [0.3, 0.4) is 0 Å². The highest BCUT2D eigenvalue weighted by Crippen LogP contribution is 2.26. The number of pyridine rings is 1. The third kappa shape index (κ3) is 3.94. The molecule has 2 aromatic heterocycles. The molecule has 2 heterocycles. The molecule has 0 amide bonds. The molecule has 0 saturated carbocycles. The monoisotopic (exact) mass is 395 g/mol. The summed E-state index contributed by atoms with van der Waals surface area (Å²) in [4.78, 5) is 15.1. The molecule has 2 aromatic carbocycles. The van der Waals surface area contributed by atoms with Crippen molar-refractivity contribution in [2.24, 2.45) is 0 Å². The minimum atomic E-state index is -1.10. The van der Waals surface area contributed by atoms with Crippen LogP contribution in [0.5, 0.6) is 5.88 Å². The number of carbonyl (C=O) groups is 1. The minimum Gasteiger partial charge on any atom is -0.481 e. The second kappa shape index (κ2) is 7.71. The van der Waals surface area contributed by atoms with Crippen molar-refractivity contribution in [2.45, 2.75) is 13.0 Å². The lowest BCUT2D eigenvalue weighted by Gasteiger charge is -2.09. The molecular formula is C22H15F2NO4. The van der Waals surface area contributed by atoms with Crippen LogP contribution in [0, 0.1) is 11.6 Å². The fraction of sp³-hybridized carbons (Fsp3) is 0.0909. The van der Waals surface area contributed by atoms with Gasteiger partial charge >= 0.3 is 5.97 Å². The Bertz CT molecular complexity index is 1200. The van der Waals surface area contributed by atoms with Crippen molar-refractivity contribution >= 4 is 16.9 Å². The predicted octanol–water partition coefficient (Wildman–Crippen LogP) is 4.98. The Labute approximate surface area is 164 Å². The molecule has 29 heavy (non-hydrogen) atoms. The van der Waals surface area contributed by atoms with Gasteiger partial charge in [-0.1, -0.05) is 18.2 Å². The number of benzene rings is 2. The first-order valence-corrected chi connectivity index (χ1v) is 8.76. The van der Waals surface area contributed by atoms with Crippen LogP contribution >= 0.6 is 0 Å². The highest BCUT2D eigenvalue weighted by atomic mass is 19.1. The number of hydrogen-bond acceptors (Lipinski definition) is 4. The standard InChI is InChI=1S/C22H15F2NO4/c23-17-7-6-15(22-16(17)8-9-28-22)12-29-20-3-1-2-19(25-20)14-5-4-13(11-21(26)27)18(24)10-14/h1-10H,11-12H2,(H,26,27). The normalized spacial score (nSPS) is 11.0. The molecule has 0 saturated heterocycles. The summed E-state index contributed by atoms with van der Waals surface area (Å²) in [6.45, 7) is 0.118. The summed E-state index contributed by atoms with van der Waals surface area (Å²) in [6.07, 6.45) is 1.03. The molecule has 1 N–H and O–H groups in total. The van der Waals surface area contributed by atoms with Crippen molar-refractivity contribution in [1.29, 1.82) is 0 Å². The van der Waals surface area contributed by atoms with E-state index in [1.165, 1.54) is 24.5 Å². The molecule has 7 heteroatoms. The molecule has 146 valence electrons. The van der Waals surface area contributed by atoms with Crippen molar-refractivity contribution in [3.63, 3.8) is 0 Å². The van der Waals surface area contributed by atoms with Crippen molar-refractivity contribution in [3.8, 4) is 17.1 Å². The number of hydrogen-bond donors (Lipinski definition) is 1. The number of fused-ring (bicyclic) bond motifs is 1. The first-order chi connectivity index (χ1) is 14.0. The summed E-state index contributed by atoms with van der Waals surface area (Å²) in [5.74, 6) is -1.77. The summed E-state index contributed by atoms with van der Waals surface area (Å²) in [5, 5.41) is 9.19. The summed E-state index contributed by atoms with van der Waals surface area (Å²) in [5.41, 5.74) is 2.16. The van der Waals surface area contributed by atoms with E-state index in [0.717, 1.165) is 0 Å². The number of halogens is 2. The average molecular weight is 395 g/mol. The van der Waals surface area contributed by atoms with E-state index in [1.807, 2.05) is 0 Å². The molecule has 0 spiro atoms. The summed E-state index contributed by atoms with van der Waals surface area (Å²) in [6, 6.07) is 13.8. The Hall–Kier alpha value is -3.74. The largest absolute Gasteiger partial charge is 0.481 e. The summed E-state index contributed by atoms with van der Waals surface area (Å²) >= 11 is 0. The van der Waals surface area contributed by atoms with Crippen molar-refractivity contribution in [3.05, 3.63) is 83.6 Å². The Balaban J connectivity index is 1.54. The van der Waals surface area contributed by atoms with Gasteiger partial charge in [0.1, 0.15) is 23.8 Å². The van der Waals surface area contributed by atoms with Gasteiger partial charge in [-0.3, -0.25) is 4.79 Å². The number of nitrogens with zero attached hydrogens (tertiary/aromatic N) is 1. The average Bonchev–Trinajstić information content (AvgIpc) is 3.20. The van der Waals surface area contributed by atoms with Crippen LogP contribution < -0.4 is 4.74 Å². The number of carboxylic acid groups (broad SMARTS) is 1. The number of ether oxygens (including phenoxy) is 1. The van der Waals surface area contributed by atoms with Crippen LogP contribution in [0.2, 0.25) is 0 Å². The minimum absolute atomic E-state index is 0.104. The molecule has 0 radical (unpaired) electrons. The predicted molar refractivity (Wildman–Crippen MR) is 101 cm³/mol. The van der Waals surface area contributed by atoms with Gasteiger partial charge in [0.05, 0.1) is 23.8 Å². The third-order valence-electron chi connectivity index (χ3n) is 4.43. The second-order valence-electron chi connectivity index (χ2n) is 6.40. The summed E-state index contributed by atoms with van der Waals surface area (Å²) < 4.78 is 39.0. The molecule has 0 aliphatic heterocycles. The van der Waals surface area contributed by atoms with Gasteiger partial charge in [-0.25, -0.2) is 13.8 Å². The number of rotatable bonds is 6. The topological polar surface area (TPSA) is 72.6 Å². The van der Waals surface area contributed by atoms with E-state index in [1.54, 1.807) is 36.4 Å². The van der Waals surface area contributed by atoms with E-state index in [0.29, 0.717) is 33.7 Å². The second-order valence-corrected chi connectivity index (χ2v) is 6.40. The van der Waals surface area contributed by atoms with Gasteiger partial charge in [0.25, 0.3) is 0 Å². The molecule has 5 nitrogen and oxygen atoms in total. The zero-order chi connectivity index (χ0) is 20.4. The van der Waals surface area contributed by atoms with Crippen LogP contribution in [0.15, 0.2) is 65.3 Å². The van der Waals surface area contributed by atoms with Gasteiger partial charge in [-0.15, -0.1) is 0 Å². The number of carboxylic acids is 1. The zero-order valence-electron chi connectivity index (χ0n) is 15.1. The van der Waals surface area contributed by atoms with Crippen LogP contribution in [-0.4, -0.2) is 16.1 Å². The third-order valence-corrected chi connectivity index (χ3v) is 4.43. The number of furan rings is 1. The van der Waals surface area contributed by atoms with E-state index in [4.69, 9.17) is 14.3 Å². The first-order valence-electron chi connectivity index (χ1n) is 8.76. The van der Waals surface area contributed by atoms with Crippen LogP contribution in [0.4, 0.5) is 8.78 Å². The highest BCUT2D eigenvalue weighted by Gasteiger charge is 2.12. The smallest absolute Gasteiger partial charge is 0.307 e. The van der Waals surface area contributed by atoms with Gasteiger partial charge in [0, 0.05) is 17.2 Å². The first kappa shape index (κ1) is 18.6. The van der Waals surface area contributed by atoms with Crippen molar-refractivity contribution in [2.75, 3.05) is 0 Å². The number of aliphatic carboxylic acids is 1. The Morgan fingerprint density at radius 2 is 1.86 bits per heavy atom. The fourth-order valence-electron chi connectivity index (χ4n) is 3.02. The van der Waals surface area contributed by atoms with Crippen LogP contribution in [0.1, 0.15) is 11.1 Å². The molecule has 4 rings (SSSR count). The van der Waals surface area contributed by atoms with E-state index in [2.05, 4.69) is 4.98 Å². The van der Waals surface area contributed by atoms with Gasteiger partial charge in [0.2, 0.25) is 5.88 Å². The fourth-order valence-corrected chi connectivity index (χ4v) is 3.02. The van der Waals surface area contributed by atoms with Crippen LogP contribution in [0.25, 0.3) is 22.2 Å². The Kier molecular flexibility index (Phi) is 4.95. The number of aromatic nitrogens is 1. The van der Waals surface area contributed by atoms with E-state index < -0.39 is 11.8 Å². The van der Waals surface area contributed by atoms with Gasteiger partial charge < -0.3 is 14.3 Å². The lowest BCUT2D eigenvalue weighted by Crippen LogP contribution is -2.02. The molecule has 0 atom stereocenters. The van der Waals surface area contributed by atoms with Gasteiger partial charge in [-0.05, 0) is 35.9 Å². The van der Waals surface area contributed by atoms with Gasteiger partial charge in [-0.2, -0.15) is 0 Å². The molecule has 0 fully saturated rings. The Morgan fingerprint density at radius 3 is 2.66 bits per heavy atom. The maximum atomic E-state index is 14.2.